The Morgan fingerprint density at radius 1 is 0.880 bits per heavy atom. The summed E-state index contributed by atoms with van der Waals surface area (Å²) < 4.78 is 59.4. The Kier molecular flexibility index (Phi) is 20.4. The molecule has 50 heavy (non-hydrogen) atoms. The molecule has 0 spiro atoms. The zero-order valence-electron chi connectivity index (χ0n) is 29.1. The van der Waals surface area contributed by atoms with Crippen molar-refractivity contribution < 1.29 is 32.1 Å². The number of halogens is 5. The Morgan fingerprint density at radius 2 is 1.52 bits per heavy atom. The molecule has 1 atom stereocenters. The maximum atomic E-state index is 12.9. The monoisotopic (exact) mass is 729 g/mol. The Bertz CT molecular complexity index is 1360. The van der Waals surface area contributed by atoms with E-state index in [0.717, 1.165) is 75.5 Å². The molecular weight excluding hydrogens is 678 g/mol. The number of nitrogens with two attached hydrogens (primary N) is 1. The van der Waals surface area contributed by atoms with Crippen molar-refractivity contribution in [1.29, 1.82) is 0 Å². The minimum atomic E-state index is -4.53. The van der Waals surface area contributed by atoms with Gasteiger partial charge in [0, 0.05) is 18.3 Å². The minimum absolute atomic E-state index is 0.125. The molecule has 1 heterocycles. The van der Waals surface area contributed by atoms with Crippen molar-refractivity contribution in [3.63, 3.8) is 0 Å². The van der Waals surface area contributed by atoms with E-state index in [0.29, 0.717) is 24.4 Å². The van der Waals surface area contributed by atoms with E-state index >= 15 is 0 Å². The molecular formula is C35H52ClF4N7O3. The lowest BCUT2D eigenvalue weighted by molar-refractivity contribution is -0.253. The van der Waals surface area contributed by atoms with Crippen molar-refractivity contribution in [1.82, 2.24) is 25.9 Å². The van der Waals surface area contributed by atoms with Crippen LogP contribution in [0.3, 0.4) is 0 Å². The second kappa shape index (κ2) is 23.9. The van der Waals surface area contributed by atoms with Crippen LogP contribution in [0.1, 0.15) is 68.8 Å². The zero-order valence-corrected chi connectivity index (χ0v) is 29.8. The molecule has 10 nitrogen and oxygen atoms in total. The number of nitrogens with one attached hydrogen (secondary N) is 4. The van der Waals surface area contributed by atoms with E-state index in [1.54, 1.807) is 19.2 Å². The van der Waals surface area contributed by atoms with Crippen LogP contribution in [0, 0.1) is 0 Å². The van der Waals surface area contributed by atoms with Gasteiger partial charge in [-0.3, -0.25) is 0 Å². The van der Waals surface area contributed by atoms with Crippen LogP contribution in [0.15, 0.2) is 48.5 Å². The average Bonchev–Trinajstić information content (AvgIpc) is 3.10. The van der Waals surface area contributed by atoms with Crippen molar-refractivity contribution in [3.8, 4) is 17.2 Å². The fourth-order valence-corrected chi connectivity index (χ4v) is 4.87. The summed E-state index contributed by atoms with van der Waals surface area (Å²) in [5.74, 6) is 0.902. The lowest BCUT2D eigenvalue weighted by Crippen LogP contribution is -2.33. The number of methoxy groups -OCH3 is 1. The molecule has 0 radical (unpaired) electrons. The largest absolute Gasteiger partial charge is 0.504 e. The Labute approximate surface area is 297 Å². The molecule has 0 saturated heterocycles. The molecule has 7 N–H and O–H groups in total. The fraction of sp³-hybridized carbons (Fsp3) is 0.543. The number of hydrogen-bond acceptors (Lipinski definition) is 10. The molecule has 0 bridgehead atoms. The van der Waals surface area contributed by atoms with Gasteiger partial charge in [0.15, 0.2) is 11.5 Å². The van der Waals surface area contributed by atoms with Gasteiger partial charge >= 0.3 is 12.5 Å². The summed E-state index contributed by atoms with van der Waals surface area (Å²) in [6, 6.07) is 12.5. The van der Waals surface area contributed by atoms with E-state index in [1.165, 1.54) is 37.1 Å². The highest BCUT2D eigenvalue weighted by atomic mass is 35.5. The molecule has 0 amide bonds. The van der Waals surface area contributed by atoms with E-state index < -0.39 is 12.5 Å². The van der Waals surface area contributed by atoms with Crippen molar-refractivity contribution in [3.05, 3.63) is 70.6 Å². The predicted molar refractivity (Wildman–Crippen MR) is 191 cm³/mol. The first-order valence-corrected chi connectivity index (χ1v) is 17.3. The van der Waals surface area contributed by atoms with Gasteiger partial charge in [-0.05, 0) is 125 Å². The number of aryl methyl sites for hydroxylation is 1. The highest BCUT2D eigenvalue weighted by molar-refractivity contribution is 6.28. The smallest absolute Gasteiger partial charge is 0.461 e. The van der Waals surface area contributed by atoms with Crippen molar-refractivity contribution in [2.24, 2.45) is 5.73 Å². The number of phenols is 1. The van der Waals surface area contributed by atoms with E-state index in [2.05, 4.69) is 36.0 Å². The summed E-state index contributed by atoms with van der Waals surface area (Å²) in [5, 5.41) is 23.1. The predicted octanol–water partition coefficient (Wildman–Crippen LogP) is 6.68. The third-order valence-electron chi connectivity index (χ3n) is 7.43. The maximum absolute atomic E-state index is 12.9. The maximum Gasteiger partial charge on any atom is 0.461 e. The number of phenolic OH excluding ortho intramolecular Hbond substituents is 1. The molecule has 3 aromatic rings. The average molecular weight is 730 g/mol. The zero-order chi connectivity index (χ0) is 36.8. The van der Waals surface area contributed by atoms with E-state index in [9.17, 15) is 22.7 Å². The number of unbranched alkanes of at least 4 members (excludes halogenated alkanes) is 1. The third kappa shape index (κ3) is 16.5. The summed E-state index contributed by atoms with van der Waals surface area (Å²) in [5.41, 5.74) is 8.09. The molecule has 0 aliphatic carbocycles. The van der Waals surface area contributed by atoms with Crippen molar-refractivity contribution >= 4 is 17.4 Å². The fourth-order valence-electron chi connectivity index (χ4n) is 4.67. The van der Waals surface area contributed by atoms with Crippen molar-refractivity contribution in [2.75, 3.05) is 51.7 Å². The lowest BCUT2D eigenvalue weighted by Gasteiger charge is -2.20. The summed E-state index contributed by atoms with van der Waals surface area (Å²) >= 11 is 5.90. The summed E-state index contributed by atoms with van der Waals surface area (Å²) in [7, 11) is 1.56. The highest BCUT2D eigenvalue weighted by Crippen LogP contribution is 2.30. The first-order valence-electron chi connectivity index (χ1n) is 17.0. The molecule has 0 saturated carbocycles. The second-order valence-electron chi connectivity index (χ2n) is 11.4. The number of aromatic hydroxyl groups is 1. The van der Waals surface area contributed by atoms with Gasteiger partial charge in [-0.2, -0.15) is 17.6 Å². The van der Waals surface area contributed by atoms with Gasteiger partial charge in [-0.1, -0.05) is 32.0 Å². The molecule has 1 aromatic heterocycles. The highest BCUT2D eigenvalue weighted by Gasteiger charge is 2.43. The van der Waals surface area contributed by atoms with E-state index in [-0.39, 0.29) is 22.8 Å². The summed E-state index contributed by atoms with van der Waals surface area (Å²) in [6.45, 7) is 10.6. The van der Waals surface area contributed by atoms with Crippen LogP contribution in [0.4, 0.5) is 23.4 Å². The van der Waals surface area contributed by atoms with E-state index in [4.69, 9.17) is 22.1 Å². The van der Waals surface area contributed by atoms with Gasteiger partial charge in [0.25, 0.3) is 0 Å². The van der Waals surface area contributed by atoms with Crippen LogP contribution in [0.5, 0.6) is 17.2 Å². The van der Waals surface area contributed by atoms with Gasteiger partial charge in [0.05, 0.1) is 13.2 Å². The summed E-state index contributed by atoms with van der Waals surface area (Å²) in [4.78, 5) is 8.20. The van der Waals surface area contributed by atoms with Crippen LogP contribution in [-0.2, 0) is 13.0 Å². The Balaban J connectivity index is 0.000000348. The van der Waals surface area contributed by atoms with Crippen LogP contribution >= 0.6 is 11.6 Å². The molecule has 0 aliphatic rings. The standard InChI is InChI=1S/C18H34N4O2.C17H18ClF4N3O/c1-24-18-14-16(6-7-17(18)23)15-22-13-5-12-21-10-3-2-9-20-11-4-8-19;1-3-11-9-14(25-16(18)23-11)24-13(4-2)10-5-7-12(8-6-10)26-17(21,22)15(19)20/h6-7,14,20-23H,2-5,8-13,15,19H2,1H3;5-9,13,15H,3-4H2,1-2H3,(H,23,24,25). The topological polar surface area (TPSA) is 139 Å². The SMILES string of the molecule is CCc1cc(NC(CC)c2ccc(OC(F)(F)C(F)F)cc2)nc(Cl)n1.COc1cc(CNCCCNCCCCNCCCN)ccc1O. The minimum Gasteiger partial charge on any atom is -0.504 e. The first kappa shape index (κ1) is 42.7. The number of anilines is 1. The molecule has 1 unspecified atom stereocenters. The first-order chi connectivity index (χ1) is 24.0. The van der Waals surface area contributed by atoms with Crippen LogP contribution in [0.2, 0.25) is 5.28 Å². The normalized spacial score (nSPS) is 12.0. The lowest BCUT2D eigenvalue weighted by atomic mass is 10.0. The van der Waals surface area contributed by atoms with Crippen LogP contribution < -0.4 is 36.5 Å². The Hall–Kier alpha value is -3.43. The van der Waals surface area contributed by atoms with Gasteiger partial charge in [-0.15, -0.1) is 0 Å². The Morgan fingerprint density at radius 3 is 2.12 bits per heavy atom. The third-order valence-corrected chi connectivity index (χ3v) is 7.60. The van der Waals surface area contributed by atoms with Gasteiger partial charge in [0.2, 0.25) is 5.28 Å². The molecule has 280 valence electrons. The molecule has 3 rings (SSSR count). The van der Waals surface area contributed by atoms with Gasteiger partial charge < -0.3 is 41.6 Å². The number of hydrogen-bond donors (Lipinski definition) is 6. The number of rotatable bonds is 23. The van der Waals surface area contributed by atoms with E-state index in [1.807, 2.05) is 26.0 Å². The molecule has 2 aromatic carbocycles. The van der Waals surface area contributed by atoms with Crippen molar-refractivity contribution in [2.45, 2.75) is 77.5 Å². The number of aromatic nitrogens is 2. The summed E-state index contributed by atoms with van der Waals surface area (Å²) in [6.07, 6.45) is -2.50. The molecule has 0 aliphatic heterocycles. The number of nitrogens with zero attached hydrogens (tertiary/aromatic N) is 2. The number of benzene rings is 2. The quantitative estimate of drug-likeness (QED) is 0.0356. The second-order valence-corrected chi connectivity index (χ2v) is 11.7. The molecule has 15 heteroatoms. The number of ether oxygens (including phenoxy) is 2. The molecule has 0 fully saturated rings. The van der Waals surface area contributed by atoms with Gasteiger partial charge in [-0.25, -0.2) is 9.97 Å². The van der Waals surface area contributed by atoms with Crippen LogP contribution in [-0.4, -0.2) is 74.0 Å². The van der Waals surface area contributed by atoms with Gasteiger partial charge in [0.1, 0.15) is 11.6 Å². The number of alkyl halides is 4. The van der Waals surface area contributed by atoms with Crippen LogP contribution in [0.25, 0.3) is 0 Å².